The predicted molar refractivity (Wildman–Crippen MR) is 106 cm³/mol. The van der Waals surface area contributed by atoms with Crippen molar-refractivity contribution in [3.8, 4) is 16.2 Å². The second-order valence-corrected chi connectivity index (χ2v) is 7.27. The molecule has 0 aliphatic heterocycles. The summed E-state index contributed by atoms with van der Waals surface area (Å²) in [6.07, 6.45) is 1.45. The number of para-hydroxylation sites is 1. The van der Waals surface area contributed by atoms with Crippen molar-refractivity contribution in [2.45, 2.75) is 20.1 Å². The van der Waals surface area contributed by atoms with Gasteiger partial charge in [0.1, 0.15) is 10.6 Å². The number of aromatic nitrogens is 2. The molecule has 0 radical (unpaired) electrons. The maximum Gasteiger partial charge on any atom is 0.387 e. The molecule has 0 spiro atoms. The van der Waals surface area contributed by atoms with Gasteiger partial charge in [-0.05, 0) is 24.1 Å². The van der Waals surface area contributed by atoms with Crippen LogP contribution in [-0.4, -0.2) is 16.2 Å². The van der Waals surface area contributed by atoms with E-state index in [1.165, 1.54) is 28.3 Å². The molecule has 0 amide bonds. The lowest BCUT2D eigenvalue weighted by Gasteiger charge is -2.11. The lowest BCUT2D eigenvalue weighted by molar-refractivity contribution is -0.0504. The molecule has 0 bridgehead atoms. The van der Waals surface area contributed by atoms with Gasteiger partial charge >= 0.3 is 6.61 Å². The van der Waals surface area contributed by atoms with E-state index in [1.807, 2.05) is 37.3 Å². The molecule has 4 aromatic rings. The Bertz CT molecular complexity index is 1190. The number of halogens is 2. The largest absolute Gasteiger partial charge is 0.434 e. The van der Waals surface area contributed by atoms with Gasteiger partial charge in [0.2, 0.25) is 0 Å². The van der Waals surface area contributed by atoms with E-state index in [1.54, 1.807) is 18.2 Å². The highest BCUT2D eigenvalue weighted by Crippen LogP contribution is 2.35. The van der Waals surface area contributed by atoms with E-state index < -0.39 is 6.61 Å². The summed E-state index contributed by atoms with van der Waals surface area (Å²) in [5.74, 6) is 0.0523. The molecule has 2 heterocycles. The lowest BCUT2D eigenvalue weighted by atomic mass is 10.1. The fraction of sp³-hybridized carbons (Fsp3) is 0.143. The Balaban J connectivity index is 1.78. The van der Waals surface area contributed by atoms with Crippen LogP contribution in [0, 0.1) is 6.92 Å². The zero-order chi connectivity index (χ0) is 19.7. The van der Waals surface area contributed by atoms with E-state index in [-0.39, 0.29) is 17.9 Å². The quantitative estimate of drug-likeness (QED) is 0.471. The third kappa shape index (κ3) is 3.41. The average molecular weight is 398 g/mol. The van der Waals surface area contributed by atoms with Crippen LogP contribution in [0.25, 0.3) is 20.7 Å². The van der Waals surface area contributed by atoms with Gasteiger partial charge < -0.3 is 4.74 Å². The second kappa shape index (κ2) is 7.52. The third-order valence-corrected chi connectivity index (χ3v) is 5.73. The summed E-state index contributed by atoms with van der Waals surface area (Å²) in [5.41, 5.74) is 2.19. The van der Waals surface area contributed by atoms with E-state index in [2.05, 4.69) is 9.72 Å². The first kappa shape index (κ1) is 18.3. The lowest BCUT2D eigenvalue weighted by Crippen LogP contribution is -2.21. The summed E-state index contributed by atoms with van der Waals surface area (Å²) in [7, 11) is 0. The Morgan fingerprint density at radius 3 is 2.57 bits per heavy atom. The summed E-state index contributed by atoms with van der Waals surface area (Å²) in [6, 6.07) is 16.3. The maximum atomic E-state index is 13.1. The number of thiophene rings is 1. The van der Waals surface area contributed by atoms with Crippen LogP contribution in [0.1, 0.15) is 11.1 Å². The van der Waals surface area contributed by atoms with Crippen molar-refractivity contribution in [3.05, 3.63) is 82.4 Å². The number of hydrogen-bond donors (Lipinski definition) is 0. The molecular weight excluding hydrogens is 382 g/mol. The fourth-order valence-electron chi connectivity index (χ4n) is 3.17. The first-order chi connectivity index (χ1) is 13.5. The second-order valence-electron chi connectivity index (χ2n) is 6.27. The number of aryl methyl sites for hydroxylation is 1. The summed E-state index contributed by atoms with van der Waals surface area (Å²) >= 11 is 1.47. The minimum absolute atomic E-state index is 0.0523. The monoisotopic (exact) mass is 398 g/mol. The predicted octanol–water partition coefficient (Wildman–Crippen LogP) is 5.08. The Kier molecular flexibility index (Phi) is 4.92. The van der Waals surface area contributed by atoms with Crippen molar-refractivity contribution in [1.82, 2.24) is 9.55 Å². The highest BCUT2D eigenvalue weighted by Gasteiger charge is 2.17. The minimum atomic E-state index is -2.92. The van der Waals surface area contributed by atoms with E-state index in [0.717, 1.165) is 16.0 Å². The summed E-state index contributed by atoms with van der Waals surface area (Å²) in [6.45, 7) is -0.922. The zero-order valence-corrected chi connectivity index (χ0v) is 15.7. The highest BCUT2D eigenvalue weighted by molar-refractivity contribution is 7.22. The molecule has 0 atom stereocenters. The van der Waals surface area contributed by atoms with Gasteiger partial charge in [0.25, 0.3) is 5.56 Å². The molecule has 0 N–H and O–H groups in total. The van der Waals surface area contributed by atoms with Crippen molar-refractivity contribution in [3.63, 3.8) is 0 Å². The van der Waals surface area contributed by atoms with Crippen LogP contribution in [0.4, 0.5) is 8.78 Å². The van der Waals surface area contributed by atoms with Crippen LogP contribution < -0.4 is 10.3 Å². The average Bonchev–Trinajstić information content (AvgIpc) is 3.03. The molecule has 0 aliphatic rings. The topological polar surface area (TPSA) is 44.1 Å². The van der Waals surface area contributed by atoms with Gasteiger partial charge in [-0.3, -0.25) is 9.36 Å². The van der Waals surface area contributed by atoms with Gasteiger partial charge in [-0.15, -0.1) is 11.3 Å². The Morgan fingerprint density at radius 2 is 1.82 bits per heavy atom. The first-order valence-electron chi connectivity index (χ1n) is 8.61. The molecule has 2 aromatic heterocycles. The van der Waals surface area contributed by atoms with Crippen LogP contribution >= 0.6 is 11.3 Å². The zero-order valence-electron chi connectivity index (χ0n) is 14.9. The van der Waals surface area contributed by atoms with Gasteiger partial charge in [0, 0.05) is 10.4 Å². The fourth-order valence-corrected chi connectivity index (χ4v) is 4.31. The molecule has 28 heavy (non-hydrogen) atoms. The Labute approximate surface area is 163 Å². The van der Waals surface area contributed by atoms with Crippen LogP contribution in [-0.2, 0) is 6.54 Å². The van der Waals surface area contributed by atoms with Crippen LogP contribution in [0.3, 0.4) is 0 Å². The van der Waals surface area contributed by atoms with Crippen molar-refractivity contribution in [2.24, 2.45) is 0 Å². The molecule has 0 saturated carbocycles. The van der Waals surface area contributed by atoms with E-state index >= 15 is 0 Å². The maximum absolute atomic E-state index is 13.1. The number of ether oxygens (including phenoxy) is 1. The van der Waals surface area contributed by atoms with Gasteiger partial charge in [0.15, 0.2) is 0 Å². The summed E-state index contributed by atoms with van der Waals surface area (Å²) in [4.78, 5) is 19.2. The van der Waals surface area contributed by atoms with Gasteiger partial charge in [-0.2, -0.15) is 8.78 Å². The molecule has 0 saturated heterocycles. The SMILES string of the molecule is Cc1c(-c2ccccc2)sc2ncn(Cc3ccccc3OC(F)F)c(=O)c12. The smallest absolute Gasteiger partial charge is 0.387 e. The van der Waals surface area contributed by atoms with Gasteiger partial charge in [-0.1, -0.05) is 48.5 Å². The normalized spacial score (nSPS) is 11.3. The van der Waals surface area contributed by atoms with E-state index in [9.17, 15) is 13.6 Å². The number of hydrogen-bond acceptors (Lipinski definition) is 4. The number of nitrogens with zero attached hydrogens (tertiary/aromatic N) is 2. The summed E-state index contributed by atoms with van der Waals surface area (Å²) in [5, 5.41) is 0.554. The van der Waals surface area contributed by atoms with Gasteiger partial charge in [-0.25, -0.2) is 4.98 Å². The molecule has 0 fully saturated rings. The Morgan fingerprint density at radius 1 is 1.11 bits per heavy atom. The van der Waals surface area contributed by atoms with Crippen molar-refractivity contribution < 1.29 is 13.5 Å². The standard InChI is InChI=1S/C21H16F2N2O2S/c1-13-17-19(28-18(13)14-7-3-2-4-8-14)24-12-25(20(17)26)11-15-9-5-6-10-16(15)27-21(22)23/h2-10,12,21H,11H2,1H3. The van der Waals surface area contributed by atoms with E-state index in [4.69, 9.17) is 0 Å². The third-order valence-electron chi connectivity index (χ3n) is 4.48. The van der Waals surface area contributed by atoms with Crippen LogP contribution in [0.15, 0.2) is 65.7 Å². The van der Waals surface area contributed by atoms with Crippen LogP contribution in [0.5, 0.6) is 5.75 Å². The van der Waals surface area contributed by atoms with Crippen molar-refractivity contribution in [2.75, 3.05) is 0 Å². The number of benzene rings is 2. The summed E-state index contributed by atoms with van der Waals surface area (Å²) < 4.78 is 31.3. The van der Waals surface area contributed by atoms with Crippen molar-refractivity contribution in [1.29, 1.82) is 0 Å². The number of alkyl halides is 2. The number of rotatable bonds is 5. The molecule has 2 aromatic carbocycles. The molecule has 4 nitrogen and oxygen atoms in total. The van der Waals surface area contributed by atoms with Gasteiger partial charge in [0.05, 0.1) is 18.3 Å². The Hall–Kier alpha value is -3.06. The molecule has 7 heteroatoms. The molecule has 0 unspecified atom stereocenters. The highest BCUT2D eigenvalue weighted by atomic mass is 32.1. The molecule has 0 aliphatic carbocycles. The number of fused-ring (bicyclic) bond motifs is 1. The molecule has 4 rings (SSSR count). The molecular formula is C21H16F2N2O2S. The van der Waals surface area contributed by atoms with E-state index in [0.29, 0.717) is 15.8 Å². The molecule has 142 valence electrons. The minimum Gasteiger partial charge on any atom is -0.434 e. The first-order valence-corrected chi connectivity index (χ1v) is 9.43. The van der Waals surface area contributed by atoms with Crippen LogP contribution in [0.2, 0.25) is 0 Å². The van der Waals surface area contributed by atoms with Crippen molar-refractivity contribution >= 4 is 21.6 Å².